The molecule has 0 aliphatic heterocycles. The molecule has 35 heavy (non-hydrogen) atoms. The molecule has 0 spiro atoms. The first-order valence-electron chi connectivity index (χ1n) is 10.7. The van der Waals surface area contributed by atoms with Crippen LogP contribution >= 0.6 is 0 Å². The van der Waals surface area contributed by atoms with Gasteiger partial charge in [-0.25, -0.2) is 23.6 Å². The summed E-state index contributed by atoms with van der Waals surface area (Å²) in [5, 5.41) is 2.49. The lowest BCUT2D eigenvalue weighted by Gasteiger charge is -2.30. The molecule has 1 rings (SSSR count). The zero-order chi connectivity index (χ0) is 26.6. The van der Waals surface area contributed by atoms with Gasteiger partial charge < -0.3 is 24.3 Å². The average molecular weight is 511 g/mol. The molecular weight excluding hydrogens is 482 g/mol. The van der Waals surface area contributed by atoms with Crippen molar-refractivity contribution in [2.24, 2.45) is 11.8 Å². The number of carbonyl (C=O) groups is 4. The molecule has 0 bridgehead atoms. The predicted molar refractivity (Wildman–Crippen MR) is 113 cm³/mol. The van der Waals surface area contributed by atoms with Crippen molar-refractivity contribution in [2.75, 3.05) is 26.4 Å². The van der Waals surface area contributed by atoms with Gasteiger partial charge in [-0.2, -0.15) is 13.2 Å². The third-order valence-electron chi connectivity index (χ3n) is 5.18. The molecule has 0 saturated heterocycles. The molecule has 1 atom stereocenters. The molecule has 1 unspecified atom stereocenters. The Balaban J connectivity index is 2.46. The Morgan fingerprint density at radius 1 is 0.886 bits per heavy atom. The SMILES string of the molecule is C=CC(=O)OCC(C)(COC(=O)C=C)NC(=O)OCC1CCC(COC(=O)C(F)C(F)(F)F)CC1. The highest BCUT2D eigenvalue weighted by Gasteiger charge is 2.47. The standard InChI is InChI=1S/C22H29F4NO8/c1-4-16(28)34-12-21(3,13-35-17(29)5-2)27-20(31)33-11-15-8-6-14(7-9-15)10-32-19(30)18(23)22(24,25)26/h4-5,14-15,18H,1-2,6-13H2,3H3,(H,27,31). The predicted octanol–water partition coefficient (Wildman–Crippen LogP) is 3.18. The van der Waals surface area contributed by atoms with Gasteiger partial charge in [0.15, 0.2) is 0 Å². The molecule has 1 N–H and O–H groups in total. The molecule has 0 heterocycles. The monoisotopic (exact) mass is 511 g/mol. The Bertz CT molecular complexity index is 754. The fourth-order valence-electron chi connectivity index (χ4n) is 3.14. The number of alkyl halides is 4. The molecule has 9 nitrogen and oxygen atoms in total. The van der Waals surface area contributed by atoms with E-state index in [-0.39, 0.29) is 38.3 Å². The maximum atomic E-state index is 12.9. The molecule has 0 radical (unpaired) electrons. The summed E-state index contributed by atoms with van der Waals surface area (Å²) >= 11 is 0. The molecule has 0 aromatic heterocycles. The topological polar surface area (TPSA) is 117 Å². The third kappa shape index (κ3) is 11.2. The summed E-state index contributed by atoms with van der Waals surface area (Å²) in [6, 6.07) is 0. The van der Waals surface area contributed by atoms with Crippen molar-refractivity contribution >= 4 is 24.0 Å². The minimum Gasteiger partial charge on any atom is -0.463 e. The van der Waals surface area contributed by atoms with E-state index in [4.69, 9.17) is 14.2 Å². The van der Waals surface area contributed by atoms with Gasteiger partial charge in [-0.15, -0.1) is 0 Å². The van der Waals surface area contributed by atoms with E-state index in [9.17, 15) is 36.7 Å². The first-order chi connectivity index (χ1) is 16.3. The summed E-state index contributed by atoms with van der Waals surface area (Å²) in [6.07, 6.45) is -5.92. The zero-order valence-electron chi connectivity index (χ0n) is 19.2. The van der Waals surface area contributed by atoms with Crippen molar-refractivity contribution in [1.82, 2.24) is 5.32 Å². The summed E-state index contributed by atoms with van der Waals surface area (Å²) in [4.78, 5) is 46.1. The van der Waals surface area contributed by atoms with E-state index < -0.39 is 41.9 Å². The highest BCUT2D eigenvalue weighted by Crippen LogP contribution is 2.30. The van der Waals surface area contributed by atoms with Gasteiger partial charge in [-0.1, -0.05) is 13.2 Å². The molecule has 1 amide bonds. The first kappa shape index (κ1) is 29.9. The number of rotatable bonds is 12. The van der Waals surface area contributed by atoms with E-state index in [0.717, 1.165) is 12.2 Å². The van der Waals surface area contributed by atoms with Crippen LogP contribution in [0.5, 0.6) is 0 Å². The summed E-state index contributed by atoms with van der Waals surface area (Å²) in [5.41, 5.74) is -1.30. The number of nitrogens with one attached hydrogen (secondary N) is 1. The van der Waals surface area contributed by atoms with E-state index >= 15 is 0 Å². The largest absolute Gasteiger partial charge is 0.463 e. The van der Waals surface area contributed by atoms with E-state index in [1.54, 1.807) is 0 Å². The fraction of sp³-hybridized carbons (Fsp3) is 0.636. The minimum atomic E-state index is -5.30. The van der Waals surface area contributed by atoms with Crippen molar-refractivity contribution in [3.05, 3.63) is 25.3 Å². The molecule has 1 saturated carbocycles. The smallest absolute Gasteiger partial charge is 0.430 e. The quantitative estimate of drug-likeness (QED) is 0.184. The lowest BCUT2D eigenvalue weighted by atomic mass is 9.83. The second kappa shape index (κ2) is 13.7. The van der Waals surface area contributed by atoms with Gasteiger partial charge in [0.2, 0.25) is 0 Å². The van der Waals surface area contributed by atoms with Crippen LogP contribution in [0.1, 0.15) is 32.6 Å². The van der Waals surface area contributed by atoms with Gasteiger partial charge in [-0.05, 0) is 44.4 Å². The summed E-state index contributed by atoms with van der Waals surface area (Å²) in [5.74, 6) is -3.74. The third-order valence-corrected chi connectivity index (χ3v) is 5.18. The Hall–Kier alpha value is -3.12. The molecule has 1 fully saturated rings. The van der Waals surface area contributed by atoms with E-state index in [0.29, 0.717) is 25.7 Å². The van der Waals surface area contributed by atoms with Crippen LogP contribution < -0.4 is 5.32 Å². The Labute approximate surface area is 199 Å². The highest BCUT2D eigenvalue weighted by molar-refractivity contribution is 5.82. The van der Waals surface area contributed by atoms with Crippen molar-refractivity contribution in [2.45, 2.75) is 50.5 Å². The lowest BCUT2D eigenvalue weighted by Crippen LogP contribution is -2.53. The number of amides is 1. The molecule has 1 aliphatic carbocycles. The highest BCUT2D eigenvalue weighted by atomic mass is 19.4. The van der Waals surface area contributed by atoms with Crippen molar-refractivity contribution in [3.63, 3.8) is 0 Å². The number of alkyl carbamates (subject to hydrolysis) is 1. The van der Waals surface area contributed by atoms with Crippen LogP contribution in [0, 0.1) is 11.8 Å². The second-order valence-corrected chi connectivity index (χ2v) is 8.33. The molecular formula is C22H29F4NO8. The van der Waals surface area contributed by atoms with Gasteiger partial charge >= 0.3 is 30.2 Å². The van der Waals surface area contributed by atoms with Crippen LogP contribution in [-0.2, 0) is 33.3 Å². The van der Waals surface area contributed by atoms with Crippen LogP contribution in [0.25, 0.3) is 0 Å². The zero-order valence-corrected chi connectivity index (χ0v) is 19.2. The van der Waals surface area contributed by atoms with Crippen LogP contribution in [-0.4, -0.2) is 68.3 Å². The summed E-state index contributed by atoms with van der Waals surface area (Å²) in [7, 11) is 0. The Morgan fingerprint density at radius 3 is 1.71 bits per heavy atom. The normalized spacial score (nSPS) is 19.0. The van der Waals surface area contributed by atoms with Gasteiger partial charge in [0.05, 0.1) is 13.2 Å². The Kier molecular flexibility index (Phi) is 11.7. The molecule has 198 valence electrons. The van der Waals surface area contributed by atoms with Crippen molar-refractivity contribution < 1.29 is 55.7 Å². The number of carbonyl (C=O) groups excluding carboxylic acids is 4. The number of ether oxygens (including phenoxy) is 4. The average Bonchev–Trinajstić information content (AvgIpc) is 2.82. The summed E-state index contributed by atoms with van der Waals surface area (Å²) in [6.45, 7) is 7.01. The van der Waals surface area contributed by atoms with Gasteiger partial charge in [-0.3, -0.25) is 0 Å². The Morgan fingerprint density at radius 2 is 1.31 bits per heavy atom. The van der Waals surface area contributed by atoms with Gasteiger partial charge in [0, 0.05) is 12.2 Å². The molecule has 0 aromatic rings. The lowest BCUT2D eigenvalue weighted by molar-refractivity contribution is -0.202. The van der Waals surface area contributed by atoms with Crippen LogP contribution in [0.2, 0.25) is 0 Å². The van der Waals surface area contributed by atoms with E-state index in [1.165, 1.54) is 6.92 Å². The van der Waals surface area contributed by atoms with Gasteiger partial charge in [0.1, 0.15) is 18.8 Å². The second-order valence-electron chi connectivity index (χ2n) is 8.33. The van der Waals surface area contributed by atoms with Crippen LogP contribution in [0.4, 0.5) is 22.4 Å². The van der Waals surface area contributed by atoms with E-state index in [2.05, 4.69) is 23.2 Å². The molecule has 13 heteroatoms. The van der Waals surface area contributed by atoms with Crippen molar-refractivity contribution in [3.8, 4) is 0 Å². The number of hydrogen-bond donors (Lipinski definition) is 1. The van der Waals surface area contributed by atoms with Crippen LogP contribution in [0.15, 0.2) is 25.3 Å². The maximum absolute atomic E-state index is 12.9. The van der Waals surface area contributed by atoms with E-state index in [1.807, 2.05) is 0 Å². The molecule has 1 aliphatic rings. The van der Waals surface area contributed by atoms with Crippen LogP contribution in [0.3, 0.4) is 0 Å². The molecule has 0 aromatic carbocycles. The summed E-state index contributed by atoms with van der Waals surface area (Å²) < 4.78 is 69.0. The first-order valence-corrected chi connectivity index (χ1v) is 10.7. The van der Waals surface area contributed by atoms with Crippen molar-refractivity contribution in [1.29, 1.82) is 0 Å². The number of hydrogen-bond acceptors (Lipinski definition) is 8. The van der Waals surface area contributed by atoms with Gasteiger partial charge in [0.25, 0.3) is 6.17 Å². The number of halogens is 4. The number of esters is 3. The fourth-order valence-corrected chi connectivity index (χ4v) is 3.14. The minimum absolute atomic E-state index is 0.0218. The maximum Gasteiger partial charge on any atom is 0.430 e.